The largest absolute Gasteiger partial charge is 0.468 e. The number of carbonyl (C=O) groups is 1. The van der Waals surface area contributed by atoms with Crippen LogP contribution in [0.25, 0.3) is 0 Å². The number of nitrogens with zero attached hydrogens (tertiary/aromatic N) is 1. The van der Waals surface area contributed by atoms with Gasteiger partial charge >= 0.3 is 0 Å². The minimum Gasteiger partial charge on any atom is -0.468 e. The van der Waals surface area contributed by atoms with E-state index in [9.17, 15) is 17.6 Å². The van der Waals surface area contributed by atoms with Gasteiger partial charge in [-0.05, 0) is 18.2 Å². The molecule has 1 heterocycles. The van der Waals surface area contributed by atoms with Crippen LogP contribution in [0.15, 0.2) is 47.1 Å². The minimum absolute atomic E-state index is 0.0101. The monoisotopic (exact) mass is 340 g/mol. The van der Waals surface area contributed by atoms with Crippen LogP contribution in [0.1, 0.15) is 11.3 Å². The summed E-state index contributed by atoms with van der Waals surface area (Å²) in [7, 11) is -3.59. The van der Waals surface area contributed by atoms with Gasteiger partial charge in [0.05, 0.1) is 25.6 Å². The number of amides is 1. The quantitative estimate of drug-likeness (QED) is 0.828. The summed E-state index contributed by atoms with van der Waals surface area (Å²) in [5.41, 5.74) is 0.331. The Hall–Kier alpha value is -2.19. The summed E-state index contributed by atoms with van der Waals surface area (Å²) in [4.78, 5) is 11.9. The second-order valence-corrected chi connectivity index (χ2v) is 6.96. The first-order valence-corrected chi connectivity index (χ1v) is 8.68. The number of hydrogen-bond donors (Lipinski definition) is 1. The summed E-state index contributed by atoms with van der Waals surface area (Å²) in [6, 6.07) is 9.30. The number of halogens is 1. The Morgan fingerprint density at radius 2 is 2.00 bits per heavy atom. The first-order chi connectivity index (χ1) is 10.9. The lowest BCUT2D eigenvalue weighted by Gasteiger charge is -2.18. The first kappa shape index (κ1) is 17.2. The molecule has 1 N–H and O–H groups in total. The summed E-state index contributed by atoms with van der Waals surface area (Å²) in [5.74, 6) is -0.522. The van der Waals surface area contributed by atoms with Crippen LogP contribution < -0.4 is 5.32 Å². The highest BCUT2D eigenvalue weighted by Crippen LogP contribution is 2.09. The highest BCUT2D eigenvalue weighted by Gasteiger charge is 2.21. The van der Waals surface area contributed by atoms with Gasteiger partial charge in [0.15, 0.2) is 0 Å². The highest BCUT2D eigenvalue weighted by atomic mass is 32.2. The van der Waals surface area contributed by atoms with Gasteiger partial charge in [0.25, 0.3) is 0 Å². The van der Waals surface area contributed by atoms with Crippen molar-refractivity contribution in [2.45, 2.75) is 13.1 Å². The molecule has 0 saturated carbocycles. The summed E-state index contributed by atoms with van der Waals surface area (Å²) >= 11 is 0. The van der Waals surface area contributed by atoms with E-state index >= 15 is 0 Å². The Morgan fingerprint density at radius 1 is 1.26 bits per heavy atom. The normalized spacial score (nSPS) is 11.6. The average Bonchev–Trinajstić information content (AvgIpc) is 2.98. The molecular formula is C15H17FN2O4S. The zero-order valence-corrected chi connectivity index (χ0v) is 13.3. The molecule has 0 aliphatic carbocycles. The highest BCUT2D eigenvalue weighted by molar-refractivity contribution is 7.88. The molecule has 1 amide bonds. The fourth-order valence-electron chi connectivity index (χ4n) is 1.92. The predicted octanol–water partition coefficient (Wildman–Crippen LogP) is 1.50. The molecule has 8 heteroatoms. The SMILES string of the molecule is CS(=O)(=O)N(CC(=O)NCc1ccccc1F)Cc1ccco1. The Balaban J connectivity index is 1.96. The number of furan rings is 1. The molecule has 2 aromatic rings. The van der Waals surface area contributed by atoms with Gasteiger partial charge in [-0.1, -0.05) is 18.2 Å². The summed E-state index contributed by atoms with van der Waals surface area (Å²) in [6.07, 6.45) is 2.44. The Labute approximate surface area is 134 Å². The van der Waals surface area contributed by atoms with E-state index < -0.39 is 21.7 Å². The number of sulfonamides is 1. The number of carbonyl (C=O) groups excluding carboxylic acids is 1. The van der Waals surface area contributed by atoms with E-state index in [0.29, 0.717) is 11.3 Å². The number of benzene rings is 1. The van der Waals surface area contributed by atoms with Crippen molar-refractivity contribution >= 4 is 15.9 Å². The third-order valence-corrected chi connectivity index (χ3v) is 4.33. The van der Waals surface area contributed by atoms with E-state index in [-0.39, 0.29) is 19.6 Å². The zero-order chi connectivity index (χ0) is 16.9. The summed E-state index contributed by atoms with van der Waals surface area (Å²) in [6.45, 7) is -0.420. The molecular weight excluding hydrogens is 323 g/mol. The average molecular weight is 340 g/mol. The molecule has 0 fully saturated rings. The predicted molar refractivity (Wildman–Crippen MR) is 82.2 cm³/mol. The molecule has 0 radical (unpaired) electrons. The Bertz CT molecular complexity index is 760. The topological polar surface area (TPSA) is 79.6 Å². The minimum atomic E-state index is -3.59. The second kappa shape index (κ2) is 7.38. The molecule has 1 aromatic carbocycles. The lowest BCUT2D eigenvalue weighted by atomic mass is 10.2. The van der Waals surface area contributed by atoms with E-state index in [4.69, 9.17) is 4.42 Å². The Kier molecular flexibility index (Phi) is 5.51. The van der Waals surface area contributed by atoms with E-state index in [1.54, 1.807) is 30.3 Å². The van der Waals surface area contributed by atoms with Crippen molar-refractivity contribution in [2.75, 3.05) is 12.8 Å². The van der Waals surface area contributed by atoms with E-state index in [1.807, 2.05) is 0 Å². The third kappa shape index (κ3) is 5.19. The van der Waals surface area contributed by atoms with Gasteiger partial charge in [-0.25, -0.2) is 12.8 Å². The zero-order valence-electron chi connectivity index (χ0n) is 12.5. The molecule has 0 atom stereocenters. The van der Waals surface area contributed by atoms with E-state index in [1.165, 1.54) is 12.3 Å². The van der Waals surface area contributed by atoms with Crippen LogP contribution in [0.3, 0.4) is 0 Å². The van der Waals surface area contributed by atoms with Crippen molar-refractivity contribution in [1.82, 2.24) is 9.62 Å². The van der Waals surface area contributed by atoms with Crippen molar-refractivity contribution in [1.29, 1.82) is 0 Å². The molecule has 0 aliphatic rings. The number of rotatable bonds is 7. The summed E-state index contributed by atoms with van der Waals surface area (Å²) < 4.78 is 43.1. The van der Waals surface area contributed by atoms with Crippen LogP contribution in [-0.2, 0) is 27.9 Å². The maximum Gasteiger partial charge on any atom is 0.235 e. The number of nitrogens with one attached hydrogen (secondary N) is 1. The fourth-order valence-corrected chi connectivity index (χ4v) is 2.63. The van der Waals surface area contributed by atoms with Crippen molar-refractivity contribution in [3.05, 3.63) is 59.8 Å². The summed E-state index contributed by atoms with van der Waals surface area (Å²) in [5, 5.41) is 2.51. The van der Waals surface area contributed by atoms with Crippen molar-refractivity contribution < 1.29 is 22.0 Å². The van der Waals surface area contributed by atoms with Crippen LogP contribution in [0.4, 0.5) is 4.39 Å². The lowest BCUT2D eigenvalue weighted by Crippen LogP contribution is -2.39. The van der Waals surface area contributed by atoms with Crippen LogP contribution in [0.2, 0.25) is 0 Å². The van der Waals surface area contributed by atoms with Crippen molar-refractivity contribution in [3.63, 3.8) is 0 Å². The van der Waals surface area contributed by atoms with Crippen molar-refractivity contribution in [3.8, 4) is 0 Å². The van der Waals surface area contributed by atoms with Gasteiger partial charge in [0.2, 0.25) is 15.9 Å². The molecule has 1 aromatic heterocycles. The molecule has 6 nitrogen and oxygen atoms in total. The standard InChI is InChI=1S/C15H17FN2O4S/c1-23(20,21)18(10-13-6-4-8-22-13)11-15(19)17-9-12-5-2-3-7-14(12)16/h2-8H,9-11H2,1H3,(H,17,19). The molecule has 0 bridgehead atoms. The lowest BCUT2D eigenvalue weighted by molar-refractivity contribution is -0.121. The molecule has 0 saturated heterocycles. The van der Waals surface area contributed by atoms with Crippen LogP contribution >= 0.6 is 0 Å². The molecule has 23 heavy (non-hydrogen) atoms. The maximum absolute atomic E-state index is 13.5. The van der Waals surface area contributed by atoms with E-state index in [0.717, 1.165) is 10.6 Å². The van der Waals surface area contributed by atoms with Gasteiger partial charge in [0, 0.05) is 12.1 Å². The van der Waals surface area contributed by atoms with Gasteiger partial charge in [-0.3, -0.25) is 4.79 Å². The van der Waals surface area contributed by atoms with Crippen LogP contribution in [0, 0.1) is 5.82 Å². The smallest absolute Gasteiger partial charge is 0.235 e. The molecule has 0 aliphatic heterocycles. The Morgan fingerprint density at radius 3 is 2.61 bits per heavy atom. The fraction of sp³-hybridized carbons (Fsp3) is 0.267. The maximum atomic E-state index is 13.5. The van der Waals surface area contributed by atoms with Crippen LogP contribution in [-0.4, -0.2) is 31.4 Å². The van der Waals surface area contributed by atoms with Gasteiger partial charge < -0.3 is 9.73 Å². The third-order valence-electron chi connectivity index (χ3n) is 3.14. The second-order valence-electron chi connectivity index (χ2n) is 4.98. The van der Waals surface area contributed by atoms with Gasteiger partial charge in [-0.2, -0.15) is 4.31 Å². The molecule has 0 spiro atoms. The molecule has 0 unspecified atom stereocenters. The van der Waals surface area contributed by atoms with Gasteiger partial charge in [0.1, 0.15) is 11.6 Å². The number of hydrogen-bond acceptors (Lipinski definition) is 4. The first-order valence-electron chi connectivity index (χ1n) is 6.84. The van der Waals surface area contributed by atoms with Crippen molar-refractivity contribution in [2.24, 2.45) is 0 Å². The molecule has 124 valence electrons. The molecule has 2 rings (SSSR count). The van der Waals surface area contributed by atoms with Crippen LogP contribution in [0.5, 0.6) is 0 Å². The van der Waals surface area contributed by atoms with E-state index in [2.05, 4.69) is 5.32 Å². The van der Waals surface area contributed by atoms with Gasteiger partial charge in [-0.15, -0.1) is 0 Å².